The average molecular weight is 227 g/mol. The number of nitrogen functional groups attached to an aromatic ring is 1. The highest BCUT2D eigenvalue weighted by Crippen LogP contribution is 2.17. The molecule has 0 aliphatic heterocycles. The van der Waals surface area contributed by atoms with Crippen molar-refractivity contribution in [2.24, 2.45) is 5.41 Å². The van der Waals surface area contributed by atoms with Crippen LogP contribution in [0.25, 0.3) is 0 Å². The van der Waals surface area contributed by atoms with Crippen LogP contribution in [0.5, 0.6) is 0 Å². The van der Waals surface area contributed by atoms with Gasteiger partial charge < -0.3 is 10.6 Å². The van der Waals surface area contributed by atoms with Crippen LogP contribution in [0.4, 0.5) is 5.13 Å². The highest BCUT2D eigenvalue weighted by atomic mass is 32.1. The van der Waals surface area contributed by atoms with Gasteiger partial charge in [0.05, 0.1) is 0 Å². The molecule has 1 aromatic rings. The molecule has 5 heteroatoms. The zero-order valence-corrected chi connectivity index (χ0v) is 10.4. The third-order valence-corrected chi connectivity index (χ3v) is 2.47. The van der Waals surface area contributed by atoms with E-state index >= 15 is 0 Å². The van der Waals surface area contributed by atoms with E-state index in [0.717, 1.165) is 0 Å². The molecule has 84 valence electrons. The van der Waals surface area contributed by atoms with E-state index in [9.17, 15) is 4.79 Å². The average Bonchev–Trinajstić information content (AvgIpc) is 2.47. The monoisotopic (exact) mass is 227 g/mol. The van der Waals surface area contributed by atoms with Crippen LogP contribution in [-0.4, -0.2) is 29.4 Å². The van der Waals surface area contributed by atoms with Crippen LogP contribution < -0.4 is 5.73 Å². The van der Waals surface area contributed by atoms with Gasteiger partial charge in [-0.1, -0.05) is 20.8 Å². The maximum Gasteiger partial charge on any atom is 0.273 e. The molecule has 1 amide bonds. The van der Waals surface area contributed by atoms with Gasteiger partial charge in [0.15, 0.2) is 5.13 Å². The number of rotatable bonds is 2. The second-order valence-corrected chi connectivity index (χ2v) is 5.68. The molecule has 1 rings (SSSR count). The molecule has 0 aliphatic rings. The third-order valence-electron chi connectivity index (χ3n) is 1.80. The molecule has 0 aliphatic carbocycles. The maximum absolute atomic E-state index is 11.9. The van der Waals surface area contributed by atoms with Crippen LogP contribution in [0, 0.1) is 5.41 Å². The molecule has 0 saturated carbocycles. The minimum Gasteiger partial charge on any atom is -0.375 e. The molecule has 0 saturated heterocycles. The maximum atomic E-state index is 11.9. The van der Waals surface area contributed by atoms with Crippen LogP contribution in [0.15, 0.2) is 5.38 Å². The number of nitrogens with zero attached hydrogens (tertiary/aromatic N) is 2. The largest absolute Gasteiger partial charge is 0.375 e. The van der Waals surface area contributed by atoms with Crippen LogP contribution in [0.3, 0.4) is 0 Å². The second-order valence-electron chi connectivity index (χ2n) is 4.79. The normalized spacial score (nSPS) is 11.5. The summed E-state index contributed by atoms with van der Waals surface area (Å²) in [6, 6.07) is 0. The predicted octanol–water partition coefficient (Wildman–Crippen LogP) is 1.84. The number of anilines is 1. The lowest BCUT2D eigenvalue weighted by Crippen LogP contribution is -2.34. The van der Waals surface area contributed by atoms with Crippen molar-refractivity contribution in [2.45, 2.75) is 20.8 Å². The minimum absolute atomic E-state index is 0.0714. The number of nitrogens with two attached hydrogens (primary N) is 1. The minimum atomic E-state index is -0.0714. The molecule has 0 atom stereocenters. The van der Waals surface area contributed by atoms with Gasteiger partial charge in [0.1, 0.15) is 5.69 Å². The van der Waals surface area contributed by atoms with Crippen LogP contribution >= 0.6 is 11.3 Å². The van der Waals surface area contributed by atoms with E-state index in [1.54, 1.807) is 17.3 Å². The van der Waals surface area contributed by atoms with Crippen molar-refractivity contribution in [1.29, 1.82) is 0 Å². The van der Waals surface area contributed by atoms with Crippen molar-refractivity contribution in [3.63, 3.8) is 0 Å². The van der Waals surface area contributed by atoms with Gasteiger partial charge in [-0.2, -0.15) is 0 Å². The number of hydrogen-bond acceptors (Lipinski definition) is 4. The molecule has 2 N–H and O–H groups in total. The summed E-state index contributed by atoms with van der Waals surface area (Å²) in [7, 11) is 1.78. The van der Waals surface area contributed by atoms with Gasteiger partial charge in [-0.25, -0.2) is 4.98 Å². The summed E-state index contributed by atoms with van der Waals surface area (Å²) in [4.78, 5) is 17.5. The van der Waals surface area contributed by atoms with Gasteiger partial charge in [-0.05, 0) is 5.41 Å². The van der Waals surface area contributed by atoms with Gasteiger partial charge in [-0.15, -0.1) is 11.3 Å². The molecular formula is C10H17N3OS. The zero-order chi connectivity index (χ0) is 11.6. The fourth-order valence-corrected chi connectivity index (χ4v) is 1.90. The van der Waals surface area contributed by atoms with Gasteiger partial charge in [0, 0.05) is 19.0 Å². The predicted molar refractivity (Wildman–Crippen MR) is 62.9 cm³/mol. The topological polar surface area (TPSA) is 59.2 Å². The molecule has 4 nitrogen and oxygen atoms in total. The Kier molecular flexibility index (Phi) is 3.34. The van der Waals surface area contributed by atoms with Crippen molar-refractivity contribution in [3.05, 3.63) is 11.1 Å². The third kappa shape index (κ3) is 3.51. The quantitative estimate of drug-likeness (QED) is 0.838. The van der Waals surface area contributed by atoms with E-state index in [0.29, 0.717) is 17.4 Å². The van der Waals surface area contributed by atoms with Crippen LogP contribution in [-0.2, 0) is 0 Å². The van der Waals surface area contributed by atoms with Crippen LogP contribution in [0.1, 0.15) is 31.3 Å². The van der Waals surface area contributed by atoms with E-state index in [1.165, 1.54) is 11.3 Å². The Morgan fingerprint density at radius 3 is 2.60 bits per heavy atom. The van der Waals surface area contributed by atoms with Crippen molar-refractivity contribution in [1.82, 2.24) is 9.88 Å². The van der Waals surface area contributed by atoms with E-state index in [2.05, 4.69) is 25.8 Å². The highest BCUT2D eigenvalue weighted by molar-refractivity contribution is 7.13. The Labute approximate surface area is 94.1 Å². The first-order valence-corrected chi connectivity index (χ1v) is 5.64. The summed E-state index contributed by atoms with van der Waals surface area (Å²) >= 11 is 1.29. The summed E-state index contributed by atoms with van der Waals surface area (Å²) in [5, 5.41) is 2.12. The number of thiazole rings is 1. The Hall–Kier alpha value is -1.10. The lowest BCUT2D eigenvalue weighted by Gasteiger charge is -2.25. The Morgan fingerprint density at radius 2 is 2.20 bits per heavy atom. The van der Waals surface area contributed by atoms with E-state index in [4.69, 9.17) is 5.73 Å². The van der Waals surface area contributed by atoms with Crippen molar-refractivity contribution in [2.75, 3.05) is 19.3 Å². The van der Waals surface area contributed by atoms with Gasteiger partial charge in [0.2, 0.25) is 0 Å². The number of hydrogen-bond donors (Lipinski definition) is 1. The van der Waals surface area contributed by atoms with Crippen molar-refractivity contribution >= 4 is 22.4 Å². The molecule has 1 aromatic heterocycles. The Bertz CT molecular complexity index is 354. The standard InChI is InChI=1S/C10H17N3OS/c1-10(2,3)6-13(4)8(14)7-5-15-9(11)12-7/h5H,6H2,1-4H3,(H2,11,12). The smallest absolute Gasteiger partial charge is 0.273 e. The molecule has 1 heterocycles. The second kappa shape index (κ2) is 4.18. The lowest BCUT2D eigenvalue weighted by atomic mass is 9.96. The lowest BCUT2D eigenvalue weighted by molar-refractivity contribution is 0.0741. The first kappa shape index (κ1) is 12.0. The summed E-state index contributed by atoms with van der Waals surface area (Å²) in [5.74, 6) is -0.0714. The first-order valence-electron chi connectivity index (χ1n) is 4.76. The molecule has 0 bridgehead atoms. The van der Waals surface area contributed by atoms with Gasteiger partial charge >= 0.3 is 0 Å². The van der Waals surface area contributed by atoms with Crippen molar-refractivity contribution in [3.8, 4) is 0 Å². The number of aromatic nitrogens is 1. The van der Waals surface area contributed by atoms with Gasteiger partial charge in [-0.3, -0.25) is 4.79 Å². The molecule has 0 unspecified atom stereocenters. The van der Waals surface area contributed by atoms with Crippen LogP contribution in [0.2, 0.25) is 0 Å². The SMILES string of the molecule is CN(CC(C)(C)C)C(=O)c1csc(N)n1. The molecule has 0 fully saturated rings. The molecular weight excluding hydrogens is 210 g/mol. The highest BCUT2D eigenvalue weighted by Gasteiger charge is 2.20. The molecule has 15 heavy (non-hydrogen) atoms. The van der Waals surface area contributed by atoms with E-state index in [1.807, 2.05) is 0 Å². The fraction of sp³-hybridized carbons (Fsp3) is 0.600. The number of carbonyl (C=O) groups excluding carboxylic acids is 1. The summed E-state index contributed by atoms with van der Waals surface area (Å²) in [6.45, 7) is 6.97. The molecule has 0 radical (unpaired) electrons. The Balaban J connectivity index is 2.69. The number of amides is 1. The summed E-state index contributed by atoms with van der Waals surface area (Å²) in [5.41, 5.74) is 6.00. The first-order chi connectivity index (χ1) is 6.79. The number of carbonyl (C=O) groups is 1. The van der Waals surface area contributed by atoms with Gasteiger partial charge in [0.25, 0.3) is 5.91 Å². The van der Waals surface area contributed by atoms with E-state index in [-0.39, 0.29) is 11.3 Å². The molecule has 0 aromatic carbocycles. The summed E-state index contributed by atoms with van der Waals surface area (Å²) in [6.07, 6.45) is 0. The fourth-order valence-electron chi connectivity index (χ4n) is 1.36. The van der Waals surface area contributed by atoms with E-state index < -0.39 is 0 Å². The molecule has 0 spiro atoms. The van der Waals surface area contributed by atoms with Crippen molar-refractivity contribution < 1.29 is 4.79 Å². The Morgan fingerprint density at radius 1 is 1.60 bits per heavy atom. The summed E-state index contributed by atoms with van der Waals surface area (Å²) < 4.78 is 0. The zero-order valence-electron chi connectivity index (χ0n) is 9.57.